The Morgan fingerprint density at radius 2 is 2.16 bits per heavy atom. The van der Waals surface area contributed by atoms with Gasteiger partial charge in [-0.05, 0) is 48.3 Å². The molecule has 2 aromatic rings. The highest BCUT2D eigenvalue weighted by Gasteiger charge is 2.28. The van der Waals surface area contributed by atoms with Crippen LogP contribution in [0.15, 0.2) is 35.7 Å². The summed E-state index contributed by atoms with van der Waals surface area (Å²) in [5, 5.41) is 2.13. The third kappa shape index (κ3) is 2.25. The van der Waals surface area contributed by atoms with Crippen molar-refractivity contribution in [3.8, 4) is 0 Å². The zero-order chi connectivity index (χ0) is 13.2. The highest BCUT2D eigenvalue weighted by Crippen LogP contribution is 2.37. The van der Waals surface area contributed by atoms with Crippen molar-refractivity contribution in [1.29, 1.82) is 0 Å². The van der Waals surface area contributed by atoms with Crippen LogP contribution < -0.4 is 0 Å². The molecule has 0 N–H and O–H groups in total. The van der Waals surface area contributed by atoms with E-state index in [1.165, 1.54) is 16.0 Å². The molecular weight excluding hydrogens is 252 g/mol. The fourth-order valence-corrected chi connectivity index (χ4v) is 4.00. The summed E-state index contributed by atoms with van der Waals surface area (Å²) in [4.78, 5) is 14.3. The van der Waals surface area contributed by atoms with E-state index in [4.69, 9.17) is 0 Å². The Bertz CT molecular complexity index is 597. The highest BCUT2D eigenvalue weighted by atomic mass is 32.1. The monoisotopic (exact) mass is 270 g/mol. The van der Waals surface area contributed by atoms with Crippen molar-refractivity contribution in [3.05, 3.63) is 57.3 Å². The molecule has 19 heavy (non-hydrogen) atoms. The Kier molecular flexibility index (Phi) is 3.52. The fourth-order valence-electron chi connectivity index (χ4n) is 3.02. The van der Waals surface area contributed by atoms with Crippen molar-refractivity contribution in [2.24, 2.45) is 0 Å². The van der Waals surface area contributed by atoms with Gasteiger partial charge in [-0.3, -0.25) is 4.79 Å². The number of hydrogen-bond donors (Lipinski definition) is 0. The summed E-state index contributed by atoms with van der Waals surface area (Å²) < 4.78 is 0. The van der Waals surface area contributed by atoms with Crippen molar-refractivity contribution in [3.63, 3.8) is 0 Å². The van der Waals surface area contributed by atoms with Crippen LogP contribution in [0.25, 0.3) is 0 Å². The van der Waals surface area contributed by atoms with Gasteiger partial charge < -0.3 is 0 Å². The largest absolute Gasteiger partial charge is 0.293 e. The van der Waals surface area contributed by atoms with Gasteiger partial charge >= 0.3 is 0 Å². The van der Waals surface area contributed by atoms with E-state index in [1.807, 2.05) is 18.2 Å². The summed E-state index contributed by atoms with van der Waals surface area (Å²) in [6.45, 7) is 2.11. The normalized spacial score (nSPS) is 18.1. The van der Waals surface area contributed by atoms with Crippen molar-refractivity contribution < 1.29 is 4.79 Å². The van der Waals surface area contributed by atoms with Gasteiger partial charge in [0, 0.05) is 16.4 Å². The molecule has 3 rings (SSSR count). The second-order valence-corrected chi connectivity index (χ2v) is 6.12. The van der Waals surface area contributed by atoms with E-state index >= 15 is 0 Å². The van der Waals surface area contributed by atoms with Crippen LogP contribution in [0.4, 0.5) is 0 Å². The predicted molar refractivity (Wildman–Crippen MR) is 80.1 cm³/mol. The average molecular weight is 270 g/mol. The summed E-state index contributed by atoms with van der Waals surface area (Å²) >= 11 is 1.80. The van der Waals surface area contributed by atoms with E-state index in [9.17, 15) is 4.79 Å². The molecule has 0 radical (unpaired) electrons. The molecule has 0 spiro atoms. The second-order valence-electron chi connectivity index (χ2n) is 5.12. The van der Waals surface area contributed by atoms with E-state index in [1.54, 1.807) is 11.3 Å². The molecule has 0 saturated carbocycles. The van der Waals surface area contributed by atoms with Gasteiger partial charge in [-0.25, -0.2) is 0 Å². The Hall–Kier alpha value is -1.41. The van der Waals surface area contributed by atoms with Gasteiger partial charge in [-0.15, -0.1) is 11.3 Å². The molecule has 98 valence electrons. The molecular formula is C17H18OS. The van der Waals surface area contributed by atoms with Gasteiger partial charge in [0.25, 0.3) is 0 Å². The molecule has 1 atom stereocenters. The highest BCUT2D eigenvalue weighted by molar-refractivity contribution is 7.10. The van der Waals surface area contributed by atoms with Crippen LogP contribution in [0.3, 0.4) is 0 Å². The third-order valence-corrected chi connectivity index (χ3v) is 5.03. The number of carbonyl (C=O) groups is 1. The fraction of sp³-hybridized carbons (Fsp3) is 0.353. The predicted octanol–water partition coefficient (Wildman–Crippen LogP) is 4.61. The molecule has 1 unspecified atom stereocenters. The molecule has 2 heteroatoms. The number of ketones is 1. The quantitative estimate of drug-likeness (QED) is 0.744. The first-order valence-electron chi connectivity index (χ1n) is 6.99. The second kappa shape index (κ2) is 5.30. The molecule has 0 bridgehead atoms. The summed E-state index contributed by atoms with van der Waals surface area (Å²) in [6, 6.07) is 10.2. The van der Waals surface area contributed by atoms with Crippen LogP contribution in [0.5, 0.6) is 0 Å². The minimum atomic E-state index is 0.0858. The molecule has 1 nitrogen and oxygen atoms in total. The number of benzene rings is 1. The van der Waals surface area contributed by atoms with Gasteiger partial charge in [-0.1, -0.05) is 31.2 Å². The minimum absolute atomic E-state index is 0.0858. The van der Waals surface area contributed by atoms with E-state index in [0.29, 0.717) is 5.78 Å². The van der Waals surface area contributed by atoms with Gasteiger partial charge in [0.1, 0.15) is 0 Å². The zero-order valence-electron chi connectivity index (χ0n) is 11.2. The van der Waals surface area contributed by atoms with Crippen LogP contribution in [0, 0.1) is 0 Å². The van der Waals surface area contributed by atoms with Crippen molar-refractivity contribution in [2.45, 2.75) is 38.5 Å². The van der Waals surface area contributed by atoms with Crippen LogP contribution in [-0.4, -0.2) is 5.78 Å². The van der Waals surface area contributed by atoms with Gasteiger partial charge in [0.15, 0.2) is 5.78 Å². The first-order chi connectivity index (χ1) is 9.31. The number of Topliss-reactive ketones (excluding diaryl/α,β-unsaturated/α-hetero) is 1. The zero-order valence-corrected chi connectivity index (χ0v) is 12.0. The molecule has 1 aliphatic rings. The Labute approximate surface area is 118 Å². The number of thiophene rings is 1. The molecule has 0 aliphatic heterocycles. The topological polar surface area (TPSA) is 17.1 Å². The van der Waals surface area contributed by atoms with E-state index in [0.717, 1.165) is 31.2 Å². The van der Waals surface area contributed by atoms with Crippen molar-refractivity contribution >= 4 is 17.1 Å². The Morgan fingerprint density at radius 1 is 1.32 bits per heavy atom. The number of carbonyl (C=O) groups excluding carboxylic acids is 1. The first-order valence-corrected chi connectivity index (χ1v) is 7.87. The summed E-state index contributed by atoms with van der Waals surface area (Å²) in [6.07, 6.45) is 4.20. The van der Waals surface area contributed by atoms with Gasteiger partial charge in [-0.2, -0.15) is 0 Å². The average Bonchev–Trinajstić information content (AvgIpc) is 2.94. The maximum atomic E-state index is 12.8. The lowest BCUT2D eigenvalue weighted by Gasteiger charge is -2.22. The van der Waals surface area contributed by atoms with E-state index < -0.39 is 0 Å². The smallest absolute Gasteiger partial charge is 0.170 e. The lowest BCUT2D eigenvalue weighted by Crippen LogP contribution is -2.18. The maximum Gasteiger partial charge on any atom is 0.170 e. The molecule has 1 aromatic heterocycles. The van der Waals surface area contributed by atoms with Crippen LogP contribution in [0.2, 0.25) is 0 Å². The molecule has 0 amide bonds. The SMILES string of the molecule is CCc1ccccc1C(=O)C1CCCc2sccc21. The van der Waals surface area contributed by atoms with Crippen LogP contribution in [0.1, 0.15) is 52.0 Å². The van der Waals surface area contributed by atoms with Crippen LogP contribution in [-0.2, 0) is 12.8 Å². The maximum absolute atomic E-state index is 12.8. The number of rotatable bonds is 3. The number of fused-ring (bicyclic) bond motifs is 1. The summed E-state index contributed by atoms with van der Waals surface area (Å²) in [5.74, 6) is 0.402. The summed E-state index contributed by atoms with van der Waals surface area (Å²) in [7, 11) is 0. The van der Waals surface area contributed by atoms with E-state index in [2.05, 4.69) is 24.4 Å². The molecule has 1 aromatic carbocycles. The molecule has 0 fully saturated rings. The number of aryl methyl sites for hydroxylation is 2. The molecule has 0 saturated heterocycles. The van der Waals surface area contributed by atoms with Gasteiger partial charge in [0.05, 0.1) is 0 Å². The van der Waals surface area contributed by atoms with E-state index in [-0.39, 0.29) is 5.92 Å². The number of hydrogen-bond acceptors (Lipinski definition) is 2. The Balaban J connectivity index is 1.98. The molecule has 1 aliphatic carbocycles. The summed E-state index contributed by atoms with van der Waals surface area (Å²) in [5.41, 5.74) is 3.39. The minimum Gasteiger partial charge on any atom is -0.293 e. The standard InChI is InChI=1S/C17H18OS/c1-2-12-6-3-4-7-13(12)17(18)15-8-5-9-16-14(15)10-11-19-16/h3-4,6-7,10-11,15H,2,5,8-9H2,1H3. The van der Waals surface area contributed by atoms with Crippen molar-refractivity contribution in [2.75, 3.05) is 0 Å². The third-order valence-electron chi connectivity index (χ3n) is 4.03. The lowest BCUT2D eigenvalue weighted by atomic mass is 9.81. The van der Waals surface area contributed by atoms with Crippen LogP contribution >= 0.6 is 11.3 Å². The molecule has 1 heterocycles. The van der Waals surface area contributed by atoms with Crippen molar-refractivity contribution in [1.82, 2.24) is 0 Å². The Morgan fingerprint density at radius 3 is 3.00 bits per heavy atom. The van der Waals surface area contributed by atoms with Gasteiger partial charge in [0.2, 0.25) is 0 Å². The first kappa shape index (κ1) is 12.6. The lowest BCUT2D eigenvalue weighted by molar-refractivity contribution is 0.0950.